The minimum atomic E-state index is 0.320. The van der Waals surface area contributed by atoms with Gasteiger partial charge in [-0.25, -0.2) is 0 Å². The highest BCUT2D eigenvalue weighted by atomic mass is 16.5. The number of aryl methyl sites for hydroxylation is 1. The first-order valence-electron chi connectivity index (χ1n) is 5.93. The second kappa shape index (κ2) is 5.41. The standard InChI is InChI=1S/C11H20N4O/c1-12-10-5-3-4-6-11(10)16-8-9-7-15(2)14-13-9/h7,10-12H,3-6,8H2,1-2H3. The highest BCUT2D eigenvalue weighted by Crippen LogP contribution is 2.21. The minimum absolute atomic E-state index is 0.320. The monoisotopic (exact) mass is 224 g/mol. The summed E-state index contributed by atoms with van der Waals surface area (Å²) in [6, 6.07) is 0.491. The number of hydrogen-bond donors (Lipinski definition) is 1. The molecule has 0 spiro atoms. The molecule has 0 aromatic carbocycles. The van der Waals surface area contributed by atoms with Crippen molar-refractivity contribution in [3.8, 4) is 0 Å². The van der Waals surface area contributed by atoms with Gasteiger partial charge in [-0.3, -0.25) is 4.68 Å². The molecule has 1 heterocycles. The molecule has 5 heteroatoms. The van der Waals surface area contributed by atoms with Crippen LogP contribution in [0.1, 0.15) is 31.4 Å². The largest absolute Gasteiger partial charge is 0.370 e. The van der Waals surface area contributed by atoms with Gasteiger partial charge < -0.3 is 10.1 Å². The third-order valence-corrected chi connectivity index (χ3v) is 3.17. The molecule has 0 amide bonds. The van der Waals surface area contributed by atoms with Crippen LogP contribution in [0.2, 0.25) is 0 Å². The number of likely N-dealkylation sites (N-methyl/N-ethyl adjacent to an activating group) is 1. The molecule has 1 aromatic rings. The molecule has 1 aliphatic carbocycles. The van der Waals surface area contributed by atoms with Crippen molar-refractivity contribution in [2.75, 3.05) is 7.05 Å². The highest BCUT2D eigenvalue weighted by Gasteiger charge is 2.24. The van der Waals surface area contributed by atoms with E-state index in [2.05, 4.69) is 15.6 Å². The minimum Gasteiger partial charge on any atom is -0.370 e. The lowest BCUT2D eigenvalue weighted by atomic mass is 9.92. The molecule has 1 fully saturated rings. The number of nitrogens with one attached hydrogen (secondary N) is 1. The normalized spacial score (nSPS) is 25.9. The molecule has 1 N–H and O–H groups in total. The molecule has 90 valence electrons. The second-order valence-corrected chi connectivity index (χ2v) is 4.41. The third-order valence-electron chi connectivity index (χ3n) is 3.17. The lowest BCUT2D eigenvalue weighted by Crippen LogP contribution is -2.41. The first kappa shape index (κ1) is 11.5. The number of aromatic nitrogens is 3. The predicted molar refractivity (Wildman–Crippen MR) is 60.9 cm³/mol. The van der Waals surface area contributed by atoms with Crippen LogP contribution < -0.4 is 5.32 Å². The van der Waals surface area contributed by atoms with E-state index in [1.165, 1.54) is 19.3 Å². The maximum Gasteiger partial charge on any atom is 0.108 e. The summed E-state index contributed by atoms with van der Waals surface area (Å²) in [5.41, 5.74) is 0.905. The van der Waals surface area contributed by atoms with Gasteiger partial charge in [0, 0.05) is 13.1 Å². The van der Waals surface area contributed by atoms with Crippen molar-refractivity contribution in [3.63, 3.8) is 0 Å². The van der Waals surface area contributed by atoms with Gasteiger partial charge in [0.2, 0.25) is 0 Å². The zero-order valence-corrected chi connectivity index (χ0v) is 10.0. The summed E-state index contributed by atoms with van der Waals surface area (Å²) < 4.78 is 7.61. The third kappa shape index (κ3) is 2.80. The summed E-state index contributed by atoms with van der Waals surface area (Å²) in [5.74, 6) is 0. The Morgan fingerprint density at radius 2 is 2.31 bits per heavy atom. The summed E-state index contributed by atoms with van der Waals surface area (Å²) in [6.45, 7) is 0.566. The summed E-state index contributed by atoms with van der Waals surface area (Å²) in [7, 11) is 3.88. The molecule has 2 unspecified atom stereocenters. The van der Waals surface area contributed by atoms with E-state index in [1.54, 1.807) is 4.68 Å². The summed E-state index contributed by atoms with van der Waals surface area (Å²) >= 11 is 0. The van der Waals surface area contributed by atoms with Crippen molar-refractivity contribution in [1.82, 2.24) is 20.3 Å². The Morgan fingerprint density at radius 3 is 3.00 bits per heavy atom. The fourth-order valence-electron chi connectivity index (χ4n) is 2.28. The number of hydrogen-bond acceptors (Lipinski definition) is 4. The quantitative estimate of drug-likeness (QED) is 0.824. The van der Waals surface area contributed by atoms with Gasteiger partial charge in [0.1, 0.15) is 5.69 Å². The summed E-state index contributed by atoms with van der Waals surface area (Å²) in [5, 5.41) is 11.2. The molecule has 0 aliphatic heterocycles. The Kier molecular flexibility index (Phi) is 3.90. The number of rotatable bonds is 4. The van der Waals surface area contributed by atoms with Gasteiger partial charge in [0.25, 0.3) is 0 Å². The Balaban J connectivity index is 1.84. The lowest BCUT2D eigenvalue weighted by molar-refractivity contribution is -0.00504. The van der Waals surface area contributed by atoms with Crippen molar-refractivity contribution in [2.24, 2.45) is 7.05 Å². The van der Waals surface area contributed by atoms with Crippen LogP contribution in [0.25, 0.3) is 0 Å². The van der Waals surface area contributed by atoms with Gasteiger partial charge >= 0.3 is 0 Å². The van der Waals surface area contributed by atoms with Gasteiger partial charge in [-0.15, -0.1) is 5.10 Å². The molecule has 0 radical (unpaired) electrons. The van der Waals surface area contributed by atoms with Crippen LogP contribution in [0.5, 0.6) is 0 Å². The van der Waals surface area contributed by atoms with Crippen molar-refractivity contribution < 1.29 is 4.74 Å². The molecular formula is C11H20N4O. The van der Waals surface area contributed by atoms with Crippen molar-refractivity contribution in [3.05, 3.63) is 11.9 Å². The van der Waals surface area contributed by atoms with E-state index in [0.29, 0.717) is 18.8 Å². The predicted octanol–water partition coefficient (Wildman–Crippen LogP) is 0.862. The summed E-state index contributed by atoms with van der Waals surface area (Å²) in [4.78, 5) is 0. The molecule has 16 heavy (non-hydrogen) atoms. The average Bonchev–Trinajstić information content (AvgIpc) is 2.73. The fourth-order valence-corrected chi connectivity index (χ4v) is 2.28. The Hall–Kier alpha value is -0.940. The van der Waals surface area contributed by atoms with E-state index in [0.717, 1.165) is 12.1 Å². The van der Waals surface area contributed by atoms with E-state index in [-0.39, 0.29) is 0 Å². The molecular weight excluding hydrogens is 204 g/mol. The van der Waals surface area contributed by atoms with Crippen LogP contribution >= 0.6 is 0 Å². The molecule has 0 saturated heterocycles. The molecule has 1 aromatic heterocycles. The number of ether oxygens (including phenoxy) is 1. The molecule has 5 nitrogen and oxygen atoms in total. The zero-order valence-electron chi connectivity index (χ0n) is 10.0. The zero-order chi connectivity index (χ0) is 11.4. The van der Waals surface area contributed by atoms with Crippen molar-refractivity contribution in [1.29, 1.82) is 0 Å². The first-order valence-corrected chi connectivity index (χ1v) is 5.93. The SMILES string of the molecule is CNC1CCCCC1OCc1cn(C)nn1. The van der Waals surface area contributed by atoms with Crippen molar-refractivity contribution in [2.45, 2.75) is 44.4 Å². The van der Waals surface area contributed by atoms with Gasteiger partial charge in [-0.1, -0.05) is 18.1 Å². The van der Waals surface area contributed by atoms with Crippen LogP contribution in [0.3, 0.4) is 0 Å². The van der Waals surface area contributed by atoms with Gasteiger partial charge in [0.05, 0.1) is 18.9 Å². The first-order chi connectivity index (χ1) is 7.79. The highest BCUT2D eigenvalue weighted by molar-refractivity contribution is 4.90. The topological polar surface area (TPSA) is 52.0 Å². The van der Waals surface area contributed by atoms with E-state index in [4.69, 9.17) is 4.74 Å². The number of nitrogens with zero attached hydrogens (tertiary/aromatic N) is 3. The van der Waals surface area contributed by atoms with Gasteiger partial charge in [0.15, 0.2) is 0 Å². The van der Waals surface area contributed by atoms with Crippen molar-refractivity contribution >= 4 is 0 Å². The Bertz CT molecular complexity index is 326. The van der Waals surface area contributed by atoms with Crippen LogP contribution in [-0.2, 0) is 18.4 Å². The molecule has 0 bridgehead atoms. The Labute approximate surface area is 96.2 Å². The Morgan fingerprint density at radius 1 is 1.50 bits per heavy atom. The van der Waals surface area contributed by atoms with Crippen LogP contribution in [0.4, 0.5) is 0 Å². The van der Waals surface area contributed by atoms with E-state index < -0.39 is 0 Å². The maximum atomic E-state index is 5.91. The van der Waals surface area contributed by atoms with Crippen LogP contribution in [0.15, 0.2) is 6.20 Å². The second-order valence-electron chi connectivity index (χ2n) is 4.41. The van der Waals surface area contributed by atoms with E-state index in [1.807, 2.05) is 20.3 Å². The van der Waals surface area contributed by atoms with Crippen LogP contribution in [0, 0.1) is 0 Å². The molecule has 2 atom stereocenters. The molecule has 1 aliphatic rings. The summed E-state index contributed by atoms with van der Waals surface area (Å²) in [6.07, 6.45) is 7.14. The smallest absolute Gasteiger partial charge is 0.108 e. The maximum absolute atomic E-state index is 5.91. The fraction of sp³-hybridized carbons (Fsp3) is 0.818. The van der Waals surface area contributed by atoms with E-state index in [9.17, 15) is 0 Å². The lowest BCUT2D eigenvalue weighted by Gasteiger charge is -2.30. The van der Waals surface area contributed by atoms with E-state index >= 15 is 0 Å². The molecule has 1 saturated carbocycles. The van der Waals surface area contributed by atoms with Crippen LogP contribution in [-0.4, -0.2) is 34.2 Å². The average molecular weight is 224 g/mol. The molecule has 2 rings (SSSR count). The van der Waals surface area contributed by atoms with Gasteiger partial charge in [-0.2, -0.15) is 0 Å². The van der Waals surface area contributed by atoms with Gasteiger partial charge in [-0.05, 0) is 19.9 Å².